The molecule has 2 N–H and O–H groups in total. The molecule has 0 radical (unpaired) electrons. The molecule has 0 fully saturated rings. The molecule has 0 heterocycles. The molecule has 0 aromatic carbocycles. The molecule has 0 aromatic heterocycles. The van der Waals surface area contributed by atoms with E-state index in [1.54, 1.807) is 0 Å². The third kappa shape index (κ3) is 11.4. The zero-order valence-corrected chi connectivity index (χ0v) is 10.1. The number of unbranched alkanes of at least 4 members (excludes halogenated alkanes) is 6. The normalized spacial score (nSPS) is 12.5. The molecule has 0 aliphatic rings. The van der Waals surface area contributed by atoms with Crippen LogP contribution in [0.3, 0.4) is 0 Å². The molecule has 0 saturated heterocycles. The summed E-state index contributed by atoms with van der Waals surface area (Å²) in [5, 5.41) is 0. The van der Waals surface area contributed by atoms with Gasteiger partial charge in [0.25, 0.3) is 0 Å². The van der Waals surface area contributed by atoms with Crippen LogP contribution in [0.1, 0.15) is 65.2 Å². The van der Waals surface area contributed by atoms with Crippen LogP contribution < -0.4 is 5.73 Å². The number of hydrogen-bond acceptors (Lipinski definition) is 3. The Morgan fingerprint density at radius 3 is 2.20 bits per heavy atom. The van der Waals surface area contributed by atoms with Gasteiger partial charge in [-0.3, -0.25) is 10.5 Å². The van der Waals surface area contributed by atoms with E-state index in [-0.39, 0.29) is 5.97 Å². The average molecular weight is 215 g/mol. The third-order valence-electron chi connectivity index (χ3n) is 2.41. The third-order valence-corrected chi connectivity index (χ3v) is 2.41. The molecule has 3 heteroatoms. The van der Waals surface area contributed by atoms with Gasteiger partial charge in [-0.2, -0.15) is 0 Å². The van der Waals surface area contributed by atoms with Gasteiger partial charge in [-0.25, -0.2) is 0 Å². The van der Waals surface area contributed by atoms with Crippen LogP contribution in [0.15, 0.2) is 0 Å². The highest BCUT2D eigenvalue weighted by molar-refractivity contribution is 5.66. The van der Waals surface area contributed by atoms with Gasteiger partial charge >= 0.3 is 5.97 Å². The highest BCUT2D eigenvalue weighted by Crippen LogP contribution is 2.09. The second-order valence-corrected chi connectivity index (χ2v) is 4.06. The van der Waals surface area contributed by atoms with E-state index in [9.17, 15) is 4.79 Å². The Morgan fingerprint density at radius 1 is 1.13 bits per heavy atom. The summed E-state index contributed by atoms with van der Waals surface area (Å²) in [6, 6.07) is 0. The number of carbonyl (C=O) groups is 1. The fourth-order valence-electron chi connectivity index (χ4n) is 1.57. The number of esters is 1. The molecular formula is C12H25NO2. The van der Waals surface area contributed by atoms with Crippen LogP contribution in [0.5, 0.6) is 0 Å². The molecule has 1 atom stereocenters. The second kappa shape index (κ2) is 9.97. The Morgan fingerprint density at radius 2 is 1.67 bits per heavy atom. The lowest BCUT2D eigenvalue weighted by atomic mass is 10.1. The minimum atomic E-state index is -0.404. The van der Waals surface area contributed by atoms with Crippen LogP contribution in [0, 0.1) is 0 Å². The predicted molar refractivity (Wildman–Crippen MR) is 62.4 cm³/mol. The lowest BCUT2D eigenvalue weighted by Gasteiger charge is -2.10. The summed E-state index contributed by atoms with van der Waals surface area (Å²) < 4.78 is 4.83. The first kappa shape index (κ1) is 14.4. The van der Waals surface area contributed by atoms with E-state index in [1.807, 2.05) is 0 Å². The number of carbonyl (C=O) groups excluding carboxylic acids is 1. The van der Waals surface area contributed by atoms with Gasteiger partial charge in [0.15, 0.2) is 6.23 Å². The summed E-state index contributed by atoms with van der Waals surface area (Å²) in [6.07, 6.45) is 9.19. The summed E-state index contributed by atoms with van der Waals surface area (Å²) in [6.45, 7) is 3.61. The van der Waals surface area contributed by atoms with Gasteiger partial charge in [-0.15, -0.1) is 0 Å². The van der Waals surface area contributed by atoms with Crippen molar-refractivity contribution >= 4 is 5.97 Å². The fourth-order valence-corrected chi connectivity index (χ4v) is 1.57. The van der Waals surface area contributed by atoms with Crippen molar-refractivity contribution in [1.29, 1.82) is 0 Å². The van der Waals surface area contributed by atoms with Gasteiger partial charge in [0.1, 0.15) is 0 Å². The molecule has 0 aliphatic carbocycles. The first-order chi connectivity index (χ1) is 7.16. The molecule has 0 bridgehead atoms. The maximum atomic E-state index is 10.6. The van der Waals surface area contributed by atoms with Crippen molar-refractivity contribution < 1.29 is 9.53 Å². The van der Waals surface area contributed by atoms with Crippen molar-refractivity contribution in [2.75, 3.05) is 0 Å². The van der Waals surface area contributed by atoms with Crippen LogP contribution in [-0.4, -0.2) is 12.2 Å². The van der Waals surface area contributed by atoms with Crippen molar-refractivity contribution in [2.45, 2.75) is 71.4 Å². The van der Waals surface area contributed by atoms with E-state index in [4.69, 9.17) is 10.5 Å². The minimum absolute atomic E-state index is 0.287. The Labute approximate surface area is 93.4 Å². The molecule has 1 unspecified atom stereocenters. The van der Waals surface area contributed by atoms with Gasteiger partial charge in [-0.1, -0.05) is 45.4 Å². The highest BCUT2D eigenvalue weighted by atomic mass is 16.5. The van der Waals surface area contributed by atoms with Crippen molar-refractivity contribution in [3.8, 4) is 0 Å². The SMILES string of the molecule is CCCCCCCCCC(N)OC(C)=O. The predicted octanol–water partition coefficient (Wildman–Crippen LogP) is 2.98. The van der Waals surface area contributed by atoms with Gasteiger partial charge in [-0.05, 0) is 12.8 Å². The summed E-state index contributed by atoms with van der Waals surface area (Å²) in [7, 11) is 0. The van der Waals surface area contributed by atoms with E-state index < -0.39 is 6.23 Å². The minimum Gasteiger partial charge on any atom is -0.447 e. The lowest BCUT2D eigenvalue weighted by Crippen LogP contribution is -2.25. The Kier molecular flexibility index (Phi) is 9.59. The Balaban J connectivity index is 3.13. The molecule has 15 heavy (non-hydrogen) atoms. The molecule has 0 rings (SSSR count). The first-order valence-electron chi connectivity index (χ1n) is 6.09. The van der Waals surface area contributed by atoms with E-state index in [1.165, 1.54) is 45.4 Å². The topological polar surface area (TPSA) is 52.3 Å². The molecule has 0 aromatic rings. The number of hydrogen-bond donors (Lipinski definition) is 1. The standard InChI is InChI=1S/C12H25NO2/c1-3-4-5-6-7-8-9-10-12(13)15-11(2)14/h12H,3-10,13H2,1-2H3. The van der Waals surface area contributed by atoms with Gasteiger partial charge in [0, 0.05) is 6.92 Å². The van der Waals surface area contributed by atoms with E-state index in [0.717, 1.165) is 12.8 Å². The van der Waals surface area contributed by atoms with Crippen LogP contribution in [0.4, 0.5) is 0 Å². The maximum absolute atomic E-state index is 10.6. The molecular weight excluding hydrogens is 190 g/mol. The van der Waals surface area contributed by atoms with Crippen molar-refractivity contribution in [3.63, 3.8) is 0 Å². The largest absolute Gasteiger partial charge is 0.447 e. The monoisotopic (exact) mass is 215 g/mol. The second-order valence-electron chi connectivity index (χ2n) is 4.06. The van der Waals surface area contributed by atoms with E-state index in [2.05, 4.69) is 6.92 Å². The van der Waals surface area contributed by atoms with Crippen molar-refractivity contribution in [3.05, 3.63) is 0 Å². The van der Waals surface area contributed by atoms with E-state index in [0.29, 0.717) is 0 Å². The molecule has 0 aliphatic heterocycles. The van der Waals surface area contributed by atoms with E-state index >= 15 is 0 Å². The van der Waals surface area contributed by atoms with Crippen molar-refractivity contribution in [2.24, 2.45) is 5.73 Å². The van der Waals surface area contributed by atoms with Crippen LogP contribution in [-0.2, 0) is 9.53 Å². The molecule has 0 spiro atoms. The van der Waals surface area contributed by atoms with Crippen molar-refractivity contribution in [1.82, 2.24) is 0 Å². The lowest BCUT2D eigenvalue weighted by molar-refractivity contribution is -0.146. The summed E-state index contributed by atoms with van der Waals surface area (Å²) >= 11 is 0. The number of nitrogens with two attached hydrogens (primary N) is 1. The Bertz CT molecular complexity index is 160. The van der Waals surface area contributed by atoms with Gasteiger partial charge in [0.05, 0.1) is 0 Å². The summed E-state index contributed by atoms with van der Waals surface area (Å²) in [5.41, 5.74) is 5.59. The fraction of sp³-hybridized carbons (Fsp3) is 0.917. The summed E-state index contributed by atoms with van der Waals surface area (Å²) in [4.78, 5) is 10.6. The summed E-state index contributed by atoms with van der Waals surface area (Å²) in [5.74, 6) is -0.287. The maximum Gasteiger partial charge on any atom is 0.304 e. The average Bonchev–Trinajstić information content (AvgIpc) is 2.15. The van der Waals surface area contributed by atoms with Gasteiger partial charge in [0.2, 0.25) is 0 Å². The molecule has 0 saturated carbocycles. The zero-order chi connectivity index (χ0) is 11.5. The smallest absolute Gasteiger partial charge is 0.304 e. The zero-order valence-electron chi connectivity index (χ0n) is 10.1. The highest BCUT2D eigenvalue weighted by Gasteiger charge is 2.04. The molecule has 90 valence electrons. The number of ether oxygens (including phenoxy) is 1. The van der Waals surface area contributed by atoms with Crippen LogP contribution in [0.25, 0.3) is 0 Å². The van der Waals surface area contributed by atoms with Crippen LogP contribution >= 0.6 is 0 Å². The quantitative estimate of drug-likeness (QED) is 0.365. The molecule has 3 nitrogen and oxygen atoms in total. The van der Waals surface area contributed by atoms with Gasteiger partial charge < -0.3 is 4.74 Å². The van der Waals surface area contributed by atoms with Crippen LogP contribution in [0.2, 0.25) is 0 Å². The first-order valence-corrected chi connectivity index (χ1v) is 6.09. The Hall–Kier alpha value is -0.570. The molecule has 0 amide bonds. The number of rotatable bonds is 9.